The van der Waals surface area contributed by atoms with Crippen LogP contribution in [0.15, 0.2) is 23.6 Å². The van der Waals surface area contributed by atoms with Gasteiger partial charge in [0, 0.05) is 19.0 Å². The fourth-order valence-corrected chi connectivity index (χ4v) is 3.37. The zero-order chi connectivity index (χ0) is 19.8. The molecule has 0 aliphatic carbocycles. The summed E-state index contributed by atoms with van der Waals surface area (Å²) in [5.41, 5.74) is 0.553. The van der Waals surface area contributed by atoms with E-state index in [9.17, 15) is 9.59 Å². The van der Waals surface area contributed by atoms with E-state index >= 15 is 0 Å². The van der Waals surface area contributed by atoms with Gasteiger partial charge in [0.05, 0.1) is 35.5 Å². The van der Waals surface area contributed by atoms with E-state index in [1.54, 1.807) is 37.6 Å². The predicted octanol–water partition coefficient (Wildman–Crippen LogP) is 4.31. The summed E-state index contributed by atoms with van der Waals surface area (Å²) in [4.78, 5) is 30.2. The van der Waals surface area contributed by atoms with Gasteiger partial charge >= 0.3 is 12.0 Å². The van der Waals surface area contributed by atoms with Crippen molar-refractivity contribution in [1.29, 1.82) is 0 Å². The number of nitrogens with zero attached hydrogens (tertiary/aromatic N) is 2. The Hall–Kier alpha value is -1.87. The maximum atomic E-state index is 12.7. The number of rotatable bonds is 8. The number of benzene rings is 1. The first kappa shape index (κ1) is 21.4. The lowest BCUT2D eigenvalue weighted by molar-refractivity contribution is 0.0520. The van der Waals surface area contributed by atoms with Crippen LogP contribution in [0.25, 0.3) is 0 Å². The average Bonchev–Trinajstić information content (AvgIpc) is 3.10. The number of thiazole rings is 1. The molecule has 0 bridgehead atoms. The number of nitrogens with one attached hydrogen (secondary N) is 1. The summed E-state index contributed by atoms with van der Waals surface area (Å²) in [5, 5.41) is 5.57. The molecule has 0 aliphatic rings. The van der Waals surface area contributed by atoms with Crippen LogP contribution >= 0.6 is 34.5 Å². The Morgan fingerprint density at radius 3 is 2.63 bits per heavy atom. The summed E-state index contributed by atoms with van der Waals surface area (Å²) in [6.45, 7) is 2.84. The van der Waals surface area contributed by atoms with Crippen molar-refractivity contribution in [3.63, 3.8) is 0 Å². The average molecular weight is 432 g/mol. The van der Waals surface area contributed by atoms with Gasteiger partial charge in [0.2, 0.25) is 0 Å². The van der Waals surface area contributed by atoms with Gasteiger partial charge < -0.3 is 19.7 Å². The second-order valence-corrected chi connectivity index (χ2v) is 7.05. The van der Waals surface area contributed by atoms with Crippen LogP contribution < -0.4 is 5.32 Å². The number of aromatic nitrogens is 1. The first-order valence-corrected chi connectivity index (χ1v) is 9.70. The molecule has 0 atom stereocenters. The molecule has 0 aliphatic heterocycles. The van der Waals surface area contributed by atoms with Gasteiger partial charge in [-0.15, -0.1) is 11.3 Å². The summed E-state index contributed by atoms with van der Waals surface area (Å²) in [6.07, 6.45) is 0. The molecule has 146 valence electrons. The van der Waals surface area contributed by atoms with Gasteiger partial charge in [0.25, 0.3) is 0 Å². The van der Waals surface area contributed by atoms with E-state index in [0.717, 1.165) is 0 Å². The molecule has 0 fully saturated rings. The van der Waals surface area contributed by atoms with Crippen LogP contribution in [-0.2, 0) is 16.0 Å². The molecule has 10 heteroatoms. The zero-order valence-electron chi connectivity index (χ0n) is 14.8. The van der Waals surface area contributed by atoms with Crippen LogP contribution in [0, 0.1) is 0 Å². The fraction of sp³-hybridized carbons (Fsp3) is 0.353. The van der Waals surface area contributed by atoms with Crippen LogP contribution in [0.3, 0.4) is 0 Å². The first-order valence-electron chi connectivity index (χ1n) is 8.06. The highest BCUT2D eigenvalue weighted by atomic mass is 35.5. The van der Waals surface area contributed by atoms with Crippen molar-refractivity contribution >= 4 is 52.2 Å². The molecule has 0 saturated heterocycles. The van der Waals surface area contributed by atoms with Crippen LogP contribution in [0.2, 0.25) is 10.0 Å². The fourth-order valence-electron chi connectivity index (χ4n) is 2.10. The molecule has 1 aromatic heterocycles. The summed E-state index contributed by atoms with van der Waals surface area (Å²) in [5.74, 6) is -0.490. The van der Waals surface area contributed by atoms with Gasteiger partial charge in [0.1, 0.15) is 5.01 Å². The van der Waals surface area contributed by atoms with Crippen LogP contribution in [0.4, 0.5) is 10.5 Å². The zero-order valence-corrected chi connectivity index (χ0v) is 17.2. The molecule has 0 radical (unpaired) electrons. The second kappa shape index (κ2) is 10.5. The summed E-state index contributed by atoms with van der Waals surface area (Å²) in [6, 6.07) is 4.55. The van der Waals surface area contributed by atoms with E-state index in [1.807, 2.05) is 0 Å². The van der Waals surface area contributed by atoms with Gasteiger partial charge in [-0.1, -0.05) is 29.3 Å². The van der Waals surface area contributed by atoms with E-state index in [4.69, 9.17) is 32.7 Å². The Bertz CT molecular complexity index is 780. The van der Waals surface area contributed by atoms with Crippen molar-refractivity contribution in [2.24, 2.45) is 0 Å². The smallest absolute Gasteiger partial charge is 0.357 e. The molecular formula is C17H19Cl2N3O4S. The Balaban J connectivity index is 2.12. The molecule has 2 rings (SSSR count). The Kier molecular flexibility index (Phi) is 8.30. The number of amides is 2. The van der Waals surface area contributed by atoms with Crippen molar-refractivity contribution in [3.8, 4) is 0 Å². The van der Waals surface area contributed by atoms with Gasteiger partial charge in [-0.3, -0.25) is 0 Å². The molecule has 2 amide bonds. The number of esters is 1. The minimum atomic E-state index is -0.490. The summed E-state index contributed by atoms with van der Waals surface area (Å²) in [7, 11) is 1.54. The number of hydrogen-bond acceptors (Lipinski definition) is 6. The van der Waals surface area contributed by atoms with Crippen molar-refractivity contribution in [3.05, 3.63) is 44.3 Å². The quantitative estimate of drug-likeness (QED) is 0.629. The molecule has 27 heavy (non-hydrogen) atoms. The molecule has 1 heterocycles. The summed E-state index contributed by atoms with van der Waals surface area (Å²) < 4.78 is 10.00. The Morgan fingerprint density at radius 2 is 2.00 bits per heavy atom. The highest BCUT2D eigenvalue weighted by molar-refractivity contribution is 7.09. The van der Waals surface area contributed by atoms with Gasteiger partial charge in [0.15, 0.2) is 5.69 Å². The Labute approximate surface area is 171 Å². The lowest BCUT2D eigenvalue weighted by atomic mass is 10.3. The largest absolute Gasteiger partial charge is 0.461 e. The topological polar surface area (TPSA) is 80.8 Å². The van der Waals surface area contributed by atoms with Crippen LogP contribution in [-0.4, -0.2) is 48.8 Å². The predicted molar refractivity (Wildman–Crippen MR) is 106 cm³/mol. The van der Waals surface area contributed by atoms with E-state index < -0.39 is 12.0 Å². The van der Waals surface area contributed by atoms with Crippen LogP contribution in [0.1, 0.15) is 22.4 Å². The molecular weight excluding hydrogens is 413 g/mol. The molecule has 0 spiro atoms. The SMILES string of the molecule is CCOC(=O)c1csc(CN(CCOC)C(=O)Nc2c(Cl)cccc2Cl)n1. The third kappa shape index (κ3) is 6.07. The molecule has 1 N–H and O–H groups in total. The second-order valence-electron chi connectivity index (χ2n) is 5.29. The number of carbonyl (C=O) groups is 2. The summed E-state index contributed by atoms with van der Waals surface area (Å²) >= 11 is 13.5. The number of urea groups is 1. The number of methoxy groups -OCH3 is 1. The number of anilines is 1. The van der Waals surface area contributed by atoms with E-state index in [-0.39, 0.29) is 18.8 Å². The Morgan fingerprint density at radius 1 is 1.30 bits per heavy atom. The number of halogens is 2. The first-order chi connectivity index (χ1) is 13.0. The minimum absolute atomic E-state index is 0.196. The van der Waals surface area contributed by atoms with E-state index in [0.29, 0.717) is 33.9 Å². The van der Waals surface area contributed by atoms with E-state index in [2.05, 4.69) is 10.3 Å². The van der Waals surface area contributed by atoms with Crippen LogP contribution in [0.5, 0.6) is 0 Å². The third-order valence-corrected chi connectivity index (χ3v) is 4.87. The third-order valence-electron chi connectivity index (χ3n) is 3.41. The van der Waals surface area contributed by atoms with Crippen molar-refractivity contribution in [2.45, 2.75) is 13.5 Å². The molecule has 2 aromatic rings. The lowest BCUT2D eigenvalue weighted by Crippen LogP contribution is -2.37. The molecule has 0 saturated carbocycles. The minimum Gasteiger partial charge on any atom is -0.461 e. The maximum absolute atomic E-state index is 12.7. The van der Waals surface area contributed by atoms with Gasteiger partial charge in [-0.2, -0.15) is 0 Å². The van der Waals surface area contributed by atoms with Gasteiger partial charge in [-0.25, -0.2) is 14.6 Å². The number of ether oxygens (including phenoxy) is 2. The molecule has 7 nitrogen and oxygen atoms in total. The highest BCUT2D eigenvalue weighted by Gasteiger charge is 2.19. The number of para-hydroxylation sites is 1. The van der Waals surface area contributed by atoms with Crippen molar-refractivity contribution in [1.82, 2.24) is 9.88 Å². The number of carbonyl (C=O) groups excluding carboxylic acids is 2. The van der Waals surface area contributed by atoms with E-state index in [1.165, 1.54) is 16.2 Å². The van der Waals surface area contributed by atoms with Crippen molar-refractivity contribution < 1.29 is 19.1 Å². The maximum Gasteiger partial charge on any atom is 0.357 e. The molecule has 0 unspecified atom stereocenters. The lowest BCUT2D eigenvalue weighted by Gasteiger charge is -2.22. The molecule has 1 aromatic carbocycles. The normalized spacial score (nSPS) is 10.5. The highest BCUT2D eigenvalue weighted by Crippen LogP contribution is 2.30. The number of hydrogen-bond donors (Lipinski definition) is 1. The monoisotopic (exact) mass is 431 g/mol. The van der Waals surface area contributed by atoms with Gasteiger partial charge in [-0.05, 0) is 19.1 Å². The standard InChI is InChI=1S/C17H19Cl2N3O4S/c1-3-26-16(23)13-10-27-14(20-13)9-22(7-8-25-2)17(24)21-15-11(18)5-4-6-12(15)19/h4-6,10H,3,7-9H2,1-2H3,(H,21,24). The van der Waals surface area contributed by atoms with Crippen molar-refractivity contribution in [2.75, 3.05) is 32.2 Å².